The quantitative estimate of drug-likeness (QED) is 0.429. The number of halogens is 1. The van der Waals surface area contributed by atoms with Crippen LogP contribution in [-0.4, -0.2) is 42.5 Å². The van der Waals surface area contributed by atoms with Crippen molar-refractivity contribution in [2.75, 3.05) is 37.6 Å². The largest absolute Gasteiger partial charge is 0.366 e. The number of likely N-dealkylation sites (tertiary alicyclic amines) is 1. The van der Waals surface area contributed by atoms with E-state index in [2.05, 4.69) is 32.4 Å². The number of rotatable bonds is 4. The number of piperidine rings is 1. The predicted octanol–water partition coefficient (Wildman–Crippen LogP) is 3.51. The predicted molar refractivity (Wildman–Crippen MR) is 96.4 cm³/mol. The van der Waals surface area contributed by atoms with Crippen LogP contribution in [0.3, 0.4) is 0 Å². The lowest BCUT2D eigenvalue weighted by Gasteiger charge is -2.35. The zero-order valence-corrected chi connectivity index (χ0v) is 14.9. The molecule has 0 bridgehead atoms. The molecule has 1 aromatic rings. The summed E-state index contributed by atoms with van der Waals surface area (Å²) in [7, 11) is 0. The molecule has 0 amide bonds. The second-order valence-electron chi connectivity index (χ2n) is 6.33. The van der Waals surface area contributed by atoms with Gasteiger partial charge in [0.05, 0.1) is 4.92 Å². The van der Waals surface area contributed by atoms with Crippen LogP contribution in [0.5, 0.6) is 0 Å². The third kappa shape index (κ3) is 3.71. The van der Waals surface area contributed by atoms with Crippen LogP contribution < -0.4 is 4.90 Å². The van der Waals surface area contributed by atoms with Crippen molar-refractivity contribution in [1.82, 2.24) is 4.90 Å². The number of nitro benzene ring substituents is 1. The molecule has 0 atom stereocenters. The average molecular weight is 415 g/mol. The second-order valence-corrected chi connectivity index (χ2v) is 7.57. The van der Waals surface area contributed by atoms with Gasteiger partial charge in [-0.15, -0.1) is 0 Å². The summed E-state index contributed by atoms with van der Waals surface area (Å²) in [6.45, 7) is 5.58. The van der Waals surface area contributed by atoms with Crippen LogP contribution in [0, 0.1) is 19.6 Å². The Morgan fingerprint density at radius 2 is 1.86 bits per heavy atom. The minimum absolute atomic E-state index is 0.241. The Labute approximate surface area is 145 Å². The van der Waals surface area contributed by atoms with E-state index >= 15 is 0 Å². The molecule has 0 aromatic heterocycles. The summed E-state index contributed by atoms with van der Waals surface area (Å²) in [5.74, 6) is 0.747. The van der Waals surface area contributed by atoms with Crippen molar-refractivity contribution < 1.29 is 4.92 Å². The Morgan fingerprint density at radius 3 is 2.50 bits per heavy atom. The van der Waals surface area contributed by atoms with Crippen molar-refractivity contribution in [2.45, 2.75) is 25.7 Å². The molecule has 120 valence electrons. The van der Waals surface area contributed by atoms with Gasteiger partial charge in [0.1, 0.15) is 5.69 Å². The van der Waals surface area contributed by atoms with Crippen LogP contribution in [0.1, 0.15) is 25.7 Å². The molecule has 2 aliphatic rings. The van der Waals surface area contributed by atoms with E-state index in [1.54, 1.807) is 6.07 Å². The average Bonchev–Trinajstić information content (AvgIpc) is 3.01. The molecule has 3 rings (SSSR count). The summed E-state index contributed by atoms with van der Waals surface area (Å²) in [6.07, 6.45) is 4.96. The van der Waals surface area contributed by atoms with Gasteiger partial charge in [-0.05, 0) is 79.4 Å². The summed E-state index contributed by atoms with van der Waals surface area (Å²) in [5.41, 5.74) is 1.02. The van der Waals surface area contributed by atoms with Crippen molar-refractivity contribution in [3.63, 3.8) is 0 Å². The molecule has 2 heterocycles. The highest BCUT2D eigenvalue weighted by Crippen LogP contribution is 2.33. The van der Waals surface area contributed by atoms with Gasteiger partial charge in [-0.2, -0.15) is 0 Å². The standard InChI is InChI=1S/C16H22IN3O2/c17-14-3-4-15(16(11-14)20(21)22)19-9-5-13(6-10-19)12-18-7-1-2-8-18/h3-4,11,13H,1-2,5-10,12H2. The Bertz CT molecular complexity index is 538. The van der Waals surface area contributed by atoms with E-state index in [0.29, 0.717) is 0 Å². The van der Waals surface area contributed by atoms with Crippen LogP contribution in [0.25, 0.3) is 0 Å². The molecule has 2 aliphatic heterocycles. The van der Waals surface area contributed by atoms with Crippen LogP contribution in [-0.2, 0) is 0 Å². The van der Waals surface area contributed by atoms with Crippen molar-refractivity contribution in [3.8, 4) is 0 Å². The van der Waals surface area contributed by atoms with E-state index < -0.39 is 0 Å². The fraction of sp³-hybridized carbons (Fsp3) is 0.625. The SMILES string of the molecule is O=[N+]([O-])c1cc(I)ccc1N1CCC(CN2CCCC2)CC1. The van der Waals surface area contributed by atoms with Crippen LogP contribution in [0.2, 0.25) is 0 Å². The first kappa shape index (κ1) is 16.0. The number of hydrogen-bond acceptors (Lipinski definition) is 4. The van der Waals surface area contributed by atoms with Crippen molar-refractivity contribution >= 4 is 34.0 Å². The maximum absolute atomic E-state index is 11.3. The van der Waals surface area contributed by atoms with Gasteiger partial charge in [-0.3, -0.25) is 10.1 Å². The molecule has 0 aliphatic carbocycles. The maximum Gasteiger partial charge on any atom is 0.293 e. The van der Waals surface area contributed by atoms with E-state index in [0.717, 1.165) is 41.1 Å². The second kappa shape index (κ2) is 7.12. The number of hydrogen-bond donors (Lipinski definition) is 0. The van der Waals surface area contributed by atoms with E-state index in [1.807, 2.05) is 12.1 Å². The number of anilines is 1. The molecule has 5 nitrogen and oxygen atoms in total. The van der Waals surface area contributed by atoms with Crippen molar-refractivity contribution in [1.29, 1.82) is 0 Å². The summed E-state index contributed by atoms with van der Waals surface area (Å²) >= 11 is 2.13. The first-order chi connectivity index (χ1) is 10.6. The highest BCUT2D eigenvalue weighted by Gasteiger charge is 2.26. The van der Waals surface area contributed by atoms with Gasteiger partial charge in [-0.1, -0.05) is 0 Å². The lowest BCUT2D eigenvalue weighted by atomic mass is 9.95. The lowest BCUT2D eigenvalue weighted by Crippen LogP contribution is -2.38. The molecule has 0 saturated carbocycles. The Morgan fingerprint density at radius 1 is 1.18 bits per heavy atom. The summed E-state index contributed by atoms with van der Waals surface area (Å²) in [6, 6.07) is 5.53. The fourth-order valence-electron chi connectivity index (χ4n) is 3.60. The molecule has 0 spiro atoms. The Kier molecular flexibility index (Phi) is 5.18. The third-order valence-electron chi connectivity index (χ3n) is 4.80. The van der Waals surface area contributed by atoms with E-state index in [9.17, 15) is 10.1 Å². The van der Waals surface area contributed by atoms with E-state index in [1.165, 1.54) is 32.5 Å². The molecule has 6 heteroatoms. The Hall–Kier alpha value is -0.890. The molecular formula is C16H22IN3O2. The van der Waals surface area contributed by atoms with Gasteiger partial charge >= 0.3 is 0 Å². The molecule has 2 saturated heterocycles. The van der Waals surface area contributed by atoms with E-state index in [4.69, 9.17) is 0 Å². The molecule has 2 fully saturated rings. The smallest absolute Gasteiger partial charge is 0.293 e. The van der Waals surface area contributed by atoms with Gasteiger partial charge in [0.25, 0.3) is 5.69 Å². The molecule has 0 N–H and O–H groups in total. The van der Waals surface area contributed by atoms with Gasteiger partial charge in [0.2, 0.25) is 0 Å². The highest BCUT2D eigenvalue weighted by molar-refractivity contribution is 14.1. The fourth-order valence-corrected chi connectivity index (χ4v) is 4.07. The van der Waals surface area contributed by atoms with Crippen molar-refractivity contribution in [3.05, 3.63) is 31.9 Å². The summed E-state index contributed by atoms with van der Waals surface area (Å²) in [4.78, 5) is 15.8. The molecule has 1 aromatic carbocycles. The number of benzene rings is 1. The topological polar surface area (TPSA) is 49.6 Å². The summed E-state index contributed by atoms with van der Waals surface area (Å²) < 4.78 is 0.914. The number of nitrogens with zero attached hydrogens (tertiary/aromatic N) is 3. The zero-order chi connectivity index (χ0) is 15.5. The molecule has 0 unspecified atom stereocenters. The molecule has 0 radical (unpaired) electrons. The van der Waals surface area contributed by atoms with Crippen LogP contribution in [0.15, 0.2) is 18.2 Å². The monoisotopic (exact) mass is 415 g/mol. The maximum atomic E-state index is 11.3. The molecule has 22 heavy (non-hydrogen) atoms. The molecular weight excluding hydrogens is 393 g/mol. The first-order valence-corrected chi connectivity index (χ1v) is 9.12. The van der Waals surface area contributed by atoms with Gasteiger partial charge < -0.3 is 9.80 Å². The van der Waals surface area contributed by atoms with Gasteiger partial charge in [0.15, 0.2) is 0 Å². The van der Waals surface area contributed by atoms with Crippen LogP contribution >= 0.6 is 22.6 Å². The van der Waals surface area contributed by atoms with Crippen molar-refractivity contribution in [2.24, 2.45) is 5.92 Å². The highest BCUT2D eigenvalue weighted by atomic mass is 127. The summed E-state index contributed by atoms with van der Waals surface area (Å²) in [5, 5.41) is 11.3. The number of nitro groups is 1. The third-order valence-corrected chi connectivity index (χ3v) is 5.48. The van der Waals surface area contributed by atoms with E-state index in [-0.39, 0.29) is 10.6 Å². The lowest BCUT2D eigenvalue weighted by molar-refractivity contribution is -0.384. The normalized spacial score (nSPS) is 20.5. The zero-order valence-electron chi connectivity index (χ0n) is 12.7. The minimum Gasteiger partial charge on any atom is -0.366 e. The Balaban J connectivity index is 1.62. The van der Waals surface area contributed by atoms with Gasteiger partial charge in [-0.25, -0.2) is 0 Å². The minimum atomic E-state index is -0.256. The van der Waals surface area contributed by atoms with Gasteiger partial charge in [0, 0.05) is 29.3 Å². The van der Waals surface area contributed by atoms with Crippen LogP contribution in [0.4, 0.5) is 11.4 Å². The first-order valence-electron chi connectivity index (χ1n) is 8.05.